The summed E-state index contributed by atoms with van der Waals surface area (Å²) in [5.41, 5.74) is 7.23. The molecule has 3 heteroatoms. The van der Waals surface area contributed by atoms with Gasteiger partial charge in [0, 0.05) is 22.5 Å². The first kappa shape index (κ1) is 18.1. The lowest BCUT2D eigenvalue weighted by Gasteiger charge is -2.09. The maximum atomic E-state index is 5.11. The van der Waals surface area contributed by atoms with Gasteiger partial charge < -0.3 is 0 Å². The Kier molecular flexibility index (Phi) is 3.84. The molecule has 0 fully saturated rings. The first-order valence-corrected chi connectivity index (χ1v) is 11.1. The molecule has 0 radical (unpaired) electrons. The van der Waals surface area contributed by atoms with Crippen molar-refractivity contribution >= 4 is 38.4 Å². The molecule has 3 aromatic heterocycles. The molecule has 0 amide bonds. The van der Waals surface area contributed by atoms with Crippen molar-refractivity contribution in [3.8, 4) is 22.4 Å². The average Bonchev–Trinajstić information content (AvgIpc) is 3.27. The summed E-state index contributed by atoms with van der Waals surface area (Å²) in [6.07, 6.45) is 2.03. The van der Waals surface area contributed by atoms with Gasteiger partial charge >= 0.3 is 0 Å². The zero-order chi connectivity index (χ0) is 21.8. The predicted molar refractivity (Wildman–Crippen MR) is 136 cm³/mol. The smallest absolute Gasteiger partial charge is 0.165 e. The molecule has 3 heterocycles. The second-order valence-corrected chi connectivity index (χ2v) is 8.36. The minimum Gasteiger partial charge on any atom is -0.284 e. The van der Waals surface area contributed by atoms with E-state index >= 15 is 0 Å². The number of hydrogen-bond acceptors (Lipinski definition) is 2. The van der Waals surface area contributed by atoms with E-state index in [1.807, 2.05) is 24.4 Å². The van der Waals surface area contributed by atoms with Crippen LogP contribution in [0.2, 0.25) is 0 Å². The second kappa shape index (κ2) is 7.01. The minimum atomic E-state index is 0.887. The number of aromatic nitrogens is 3. The van der Waals surface area contributed by atoms with Crippen molar-refractivity contribution < 1.29 is 0 Å². The van der Waals surface area contributed by atoms with E-state index in [-0.39, 0.29) is 0 Å². The molecule has 0 aliphatic heterocycles. The summed E-state index contributed by atoms with van der Waals surface area (Å²) in [7, 11) is 0. The van der Waals surface area contributed by atoms with Gasteiger partial charge in [0.05, 0.1) is 5.69 Å². The summed E-state index contributed by atoms with van der Waals surface area (Å²) in [6, 6.07) is 38.3. The summed E-state index contributed by atoms with van der Waals surface area (Å²) in [5, 5.41) is 4.76. The van der Waals surface area contributed by atoms with Crippen LogP contribution < -0.4 is 0 Å². The number of nitrogens with zero attached hydrogens (tertiary/aromatic N) is 3. The Morgan fingerprint density at radius 3 is 2.09 bits per heavy atom. The zero-order valence-corrected chi connectivity index (χ0v) is 17.8. The molecule has 7 rings (SSSR count). The number of fused-ring (bicyclic) bond motifs is 6. The van der Waals surface area contributed by atoms with Crippen LogP contribution in [-0.2, 0) is 0 Å². The van der Waals surface area contributed by atoms with Gasteiger partial charge in [-0.1, -0.05) is 91.0 Å². The topological polar surface area (TPSA) is 30.2 Å². The molecule has 0 saturated carbocycles. The summed E-state index contributed by atoms with van der Waals surface area (Å²) in [4.78, 5) is 9.96. The molecule has 4 aromatic carbocycles. The molecule has 3 nitrogen and oxygen atoms in total. The minimum absolute atomic E-state index is 0.887. The maximum absolute atomic E-state index is 5.11. The highest BCUT2D eigenvalue weighted by atomic mass is 15.1. The van der Waals surface area contributed by atoms with Crippen molar-refractivity contribution in [2.24, 2.45) is 0 Å². The first-order valence-electron chi connectivity index (χ1n) is 11.1. The van der Waals surface area contributed by atoms with E-state index in [0.29, 0.717) is 0 Å². The number of pyridine rings is 2. The molecule has 0 spiro atoms. The van der Waals surface area contributed by atoms with Crippen LogP contribution in [0.25, 0.3) is 60.7 Å². The normalized spacial score (nSPS) is 11.6. The Morgan fingerprint density at radius 1 is 0.515 bits per heavy atom. The van der Waals surface area contributed by atoms with E-state index in [1.54, 1.807) is 0 Å². The fourth-order valence-corrected chi connectivity index (χ4v) is 4.74. The third kappa shape index (κ3) is 2.83. The van der Waals surface area contributed by atoms with Gasteiger partial charge in [0.2, 0.25) is 0 Å². The molecule has 0 aliphatic rings. The molecule has 0 aliphatic carbocycles. The van der Waals surface area contributed by atoms with Crippen LogP contribution in [0.15, 0.2) is 115 Å². The molecule has 0 unspecified atom stereocenters. The van der Waals surface area contributed by atoms with E-state index in [2.05, 4.69) is 95.4 Å². The maximum Gasteiger partial charge on any atom is 0.165 e. The van der Waals surface area contributed by atoms with Crippen molar-refractivity contribution in [3.05, 3.63) is 115 Å². The summed E-state index contributed by atoms with van der Waals surface area (Å²) >= 11 is 0. The molecule has 154 valence electrons. The lowest BCUT2D eigenvalue weighted by molar-refractivity contribution is 1.19. The van der Waals surface area contributed by atoms with Gasteiger partial charge in [0.25, 0.3) is 0 Å². The number of imidazole rings is 1. The van der Waals surface area contributed by atoms with Crippen LogP contribution in [0.3, 0.4) is 0 Å². The zero-order valence-electron chi connectivity index (χ0n) is 17.8. The highest BCUT2D eigenvalue weighted by Crippen LogP contribution is 2.34. The quantitative estimate of drug-likeness (QED) is 0.289. The lowest BCUT2D eigenvalue weighted by atomic mass is 9.98. The van der Waals surface area contributed by atoms with Gasteiger partial charge in [-0.2, -0.15) is 0 Å². The van der Waals surface area contributed by atoms with Crippen LogP contribution in [-0.4, -0.2) is 14.4 Å². The highest BCUT2D eigenvalue weighted by Gasteiger charge is 2.14. The van der Waals surface area contributed by atoms with Gasteiger partial charge in [-0.05, 0) is 40.1 Å². The Hall–Kier alpha value is -4.50. The molecule has 7 aromatic rings. The predicted octanol–water partition coefficient (Wildman–Crippen LogP) is 7.52. The third-order valence-electron chi connectivity index (χ3n) is 6.40. The van der Waals surface area contributed by atoms with E-state index < -0.39 is 0 Å². The SMILES string of the molecule is c1ccc2cc(-c3ccc(-c4nc5c(nc6ccccn65)c5ccccc45)cc3)ccc2c1. The second-order valence-electron chi connectivity index (χ2n) is 8.36. The van der Waals surface area contributed by atoms with E-state index in [0.717, 1.165) is 38.8 Å². The van der Waals surface area contributed by atoms with E-state index in [9.17, 15) is 0 Å². The molecular formula is C30H19N3. The van der Waals surface area contributed by atoms with Gasteiger partial charge in [-0.25, -0.2) is 9.97 Å². The number of hydrogen-bond donors (Lipinski definition) is 0. The van der Waals surface area contributed by atoms with E-state index in [4.69, 9.17) is 9.97 Å². The summed E-state index contributed by atoms with van der Waals surface area (Å²) < 4.78 is 2.06. The highest BCUT2D eigenvalue weighted by molar-refractivity contribution is 6.09. The number of rotatable bonds is 2. The molecule has 0 atom stereocenters. The van der Waals surface area contributed by atoms with Crippen molar-refractivity contribution in [2.45, 2.75) is 0 Å². The monoisotopic (exact) mass is 421 g/mol. The number of benzene rings is 4. The molecule has 0 N–H and O–H groups in total. The van der Waals surface area contributed by atoms with E-state index in [1.165, 1.54) is 21.9 Å². The van der Waals surface area contributed by atoms with Crippen LogP contribution in [0, 0.1) is 0 Å². The fourth-order valence-electron chi connectivity index (χ4n) is 4.74. The van der Waals surface area contributed by atoms with Gasteiger partial charge in [-0.3, -0.25) is 4.40 Å². The Balaban J connectivity index is 1.41. The van der Waals surface area contributed by atoms with Crippen molar-refractivity contribution in [2.75, 3.05) is 0 Å². The van der Waals surface area contributed by atoms with Crippen molar-refractivity contribution in [3.63, 3.8) is 0 Å². The van der Waals surface area contributed by atoms with Crippen LogP contribution >= 0.6 is 0 Å². The summed E-state index contributed by atoms with van der Waals surface area (Å²) in [5.74, 6) is 0. The van der Waals surface area contributed by atoms with Crippen LogP contribution in [0.4, 0.5) is 0 Å². The summed E-state index contributed by atoms with van der Waals surface area (Å²) in [6.45, 7) is 0. The van der Waals surface area contributed by atoms with Gasteiger partial charge in [0.15, 0.2) is 5.65 Å². The van der Waals surface area contributed by atoms with Crippen molar-refractivity contribution in [1.29, 1.82) is 0 Å². The fraction of sp³-hybridized carbons (Fsp3) is 0. The van der Waals surface area contributed by atoms with Gasteiger partial charge in [-0.15, -0.1) is 0 Å². The Labute approximate surface area is 190 Å². The van der Waals surface area contributed by atoms with Crippen LogP contribution in [0.1, 0.15) is 0 Å². The van der Waals surface area contributed by atoms with Crippen LogP contribution in [0.5, 0.6) is 0 Å². The molecule has 0 saturated heterocycles. The first-order chi connectivity index (χ1) is 16.3. The Bertz CT molecular complexity index is 1810. The molecular weight excluding hydrogens is 402 g/mol. The largest absolute Gasteiger partial charge is 0.284 e. The van der Waals surface area contributed by atoms with Gasteiger partial charge in [0.1, 0.15) is 11.2 Å². The van der Waals surface area contributed by atoms with Crippen molar-refractivity contribution in [1.82, 2.24) is 14.4 Å². The standard InChI is InChI=1S/C30H19N3/c1-2-8-23-19-24(17-14-20(23)7-1)21-12-15-22(16-13-21)28-25-9-3-4-10-26(25)29-30(32-28)33-18-6-5-11-27(33)31-29/h1-19H. The average molecular weight is 422 g/mol. The molecule has 33 heavy (non-hydrogen) atoms. The Morgan fingerprint density at radius 2 is 1.21 bits per heavy atom. The molecule has 0 bridgehead atoms. The lowest BCUT2D eigenvalue weighted by Crippen LogP contribution is -1.91. The third-order valence-corrected chi connectivity index (χ3v) is 6.40.